The maximum Gasteiger partial charge on any atom is 0.0610 e. The zero-order valence-corrected chi connectivity index (χ0v) is 13.4. The van der Waals surface area contributed by atoms with Crippen LogP contribution in [-0.2, 0) is 4.18 Å². The highest BCUT2D eigenvalue weighted by Crippen LogP contribution is 2.12. The molecule has 0 amide bonds. The third-order valence-electron chi connectivity index (χ3n) is 3.59. The summed E-state index contributed by atoms with van der Waals surface area (Å²) in [6, 6.07) is 0. The molecule has 0 aliphatic rings. The van der Waals surface area contributed by atoms with Crippen LogP contribution in [0.1, 0.15) is 96.8 Å². The standard InChI is InChI=1S/C16H34OS/c1-2-3-4-5-6-7-8-9-10-11-12-13-14-15-16-17-18/h18H,2-16H2,1H3. The van der Waals surface area contributed by atoms with Crippen molar-refractivity contribution in [3.8, 4) is 0 Å². The molecular weight excluding hydrogens is 240 g/mol. The number of unbranched alkanes of at least 4 members (excludes halogenated alkanes) is 13. The Labute approximate surface area is 121 Å². The maximum atomic E-state index is 4.74. The Morgan fingerprint density at radius 3 is 1.22 bits per heavy atom. The quantitative estimate of drug-likeness (QED) is 0.208. The van der Waals surface area contributed by atoms with Crippen LogP contribution in [0.15, 0.2) is 0 Å². The first-order chi connectivity index (χ1) is 8.91. The van der Waals surface area contributed by atoms with Crippen LogP contribution in [0.5, 0.6) is 0 Å². The van der Waals surface area contributed by atoms with Crippen LogP contribution in [-0.4, -0.2) is 6.61 Å². The van der Waals surface area contributed by atoms with Gasteiger partial charge in [0.25, 0.3) is 0 Å². The molecule has 0 aliphatic heterocycles. The molecule has 0 bridgehead atoms. The Morgan fingerprint density at radius 2 is 0.889 bits per heavy atom. The van der Waals surface area contributed by atoms with Gasteiger partial charge in [0.1, 0.15) is 0 Å². The highest BCUT2D eigenvalue weighted by Gasteiger charge is 1.93. The van der Waals surface area contributed by atoms with Crippen LogP contribution in [0.4, 0.5) is 0 Å². The van der Waals surface area contributed by atoms with Crippen LogP contribution < -0.4 is 0 Å². The molecule has 18 heavy (non-hydrogen) atoms. The maximum absolute atomic E-state index is 4.74. The van der Waals surface area contributed by atoms with Gasteiger partial charge in [-0.3, -0.25) is 0 Å². The van der Waals surface area contributed by atoms with Gasteiger partial charge in [-0.25, -0.2) is 0 Å². The summed E-state index contributed by atoms with van der Waals surface area (Å²) < 4.78 is 4.74. The molecule has 0 heterocycles. The van der Waals surface area contributed by atoms with Crippen molar-refractivity contribution in [1.29, 1.82) is 0 Å². The van der Waals surface area contributed by atoms with Crippen LogP contribution >= 0.6 is 12.9 Å². The first-order valence-corrected chi connectivity index (χ1v) is 8.54. The molecular formula is C16H34OS. The largest absolute Gasteiger partial charge is 0.319 e. The van der Waals surface area contributed by atoms with Crippen molar-refractivity contribution in [2.75, 3.05) is 6.61 Å². The van der Waals surface area contributed by atoms with E-state index in [2.05, 4.69) is 19.8 Å². The number of rotatable bonds is 15. The zero-order valence-electron chi connectivity index (χ0n) is 12.5. The lowest BCUT2D eigenvalue weighted by molar-refractivity contribution is 0.361. The van der Waals surface area contributed by atoms with E-state index >= 15 is 0 Å². The van der Waals surface area contributed by atoms with Crippen molar-refractivity contribution in [1.82, 2.24) is 0 Å². The summed E-state index contributed by atoms with van der Waals surface area (Å²) in [7, 11) is 0. The molecule has 0 aliphatic carbocycles. The van der Waals surface area contributed by atoms with E-state index in [0.717, 1.165) is 6.61 Å². The predicted molar refractivity (Wildman–Crippen MR) is 85.3 cm³/mol. The molecule has 0 saturated heterocycles. The van der Waals surface area contributed by atoms with Crippen molar-refractivity contribution in [2.24, 2.45) is 0 Å². The van der Waals surface area contributed by atoms with Gasteiger partial charge >= 0.3 is 0 Å². The first-order valence-electron chi connectivity index (χ1n) is 8.18. The average molecular weight is 275 g/mol. The Hall–Kier alpha value is 0.310. The summed E-state index contributed by atoms with van der Waals surface area (Å²) in [6.07, 6.45) is 19.7. The van der Waals surface area contributed by atoms with E-state index < -0.39 is 0 Å². The van der Waals surface area contributed by atoms with E-state index in [4.69, 9.17) is 4.18 Å². The molecule has 0 saturated carbocycles. The Bertz CT molecular complexity index is 123. The first kappa shape index (κ1) is 18.3. The smallest absolute Gasteiger partial charge is 0.0610 e. The molecule has 0 fully saturated rings. The summed E-state index contributed by atoms with van der Waals surface area (Å²) in [6.45, 7) is 3.09. The van der Waals surface area contributed by atoms with E-state index in [1.165, 1.54) is 89.9 Å². The van der Waals surface area contributed by atoms with Gasteiger partial charge in [-0.15, -0.1) is 0 Å². The molecule has 0 rings (SSSR count). The minimum absolute atomic E-state index is 0.807. The molecule has 2 heteroatoms. The van der Waals surface area contributed by atoms with Crippen LogP contribution in [0.3, 0.4) is 0 Å². The fourth-order valence-corrected chi connectivity index (χ4v) is 2.49. The van der Waals surface area contributed by atoms with Gasteiger partial charge in [-0.1, -0.05) is 90.4 Å². The number of hydrogen-bond acceptors (Lipinski definition) is 2. The van der Waals surface area contributed by atoms with Crippen molar-refractivity contribution >= 4 is 12.9 Å². The van der Waals surface area contributed by atoms with Gasteiger partial charge < -0.3 is 4.18 Å². The van der Waals surface area contributed by atoms with E-state index in [1.54, 1.807) is 0 Å². The fraction of sp³-hybridized carbons (Fsp3) is 1.00. The van der Waals surface area contributed by atoms with Gasteiger partial charge in [0.15, 0.2) is 0 Å². The molecule has 1 nitrogen and oxygen atoms in total. The number of thiol groups is 1. The number of hydrogen-bond donors (Lipinski definition) is 1. The molecule has 110 valence electrons. The van der Waals surface area contributed by atoms with Crippen molar-refractivity contribution in [3.63, 3.8) is 0 Å². The second-order valence-corrected chi connectivity index (χ2v) is 5.69. The lowest BCUT2D eigenvalue weighted by atomic mass is 10.0. The van der Waals surface area contributed by atoms with Crippen molar-refractivity contribution in [3.05, 3.63) is 0 Å². The summed E-state index contributed by atoms with van der Waals surface area (Å²) in [4.78, 5) is 0. The SMILES string of the molecule is CCCCCCCCCCCCCCCCOS. The molecule has 0 N–H and O–H groups in total. The van der Waals surface area contributed by atoms with Gasteiger partial charge in [0, 0.05) is 0 Å². The lowest BCUT2D eigenvalue weighted by Crippen LogP contribution is -1.86. The van der Waals surface area contributed by atoms with E-state index in [1.807, 2.05) is 0 Å². The second kappa shape index (κ2) is 17.3. The van der Waals surface area contributed by atoms with Crippen LogP contribution in [0.2, 0.25) is 0 Å². The second-order valence-electron chi connectivity index (χ2n) is 5.43. The molecule has 0 unspecified atom stereocenters. The minimum atomic E-state index is 0.807. The van der Waals surface area contributed by atoms with Crippen LogP contribution in [0, 0.1) is 0 Å². The normalized spacial score (nSPS) is 11.0. The molecule has 0 radical (unpaired) electrons. The molecule has 0 aromatic heterocycles. The van der Waals surface area contributed by atoms with Gasteiger partial charge in [0.2, 0.25) is 0 Å². The summed E-state index contributed by atoms with van der Waals surface area (Å²) in [5, 5.41) is 0. The third kappa shape index (κ3) is 16.3. The Morgan fingerprint density at radius 1 is 0.556 bits per heavy atom. The third-order valence-corrected chi connectivity index (χ3v) is 3.77. The average Bonchev–Trinajstić information content (AvgIpc) is 2.39. The molecule has 0 aromatic carbocycles. The van der Waals surface area contributed by atoms with E-state index in [-0.39, 0.29) is 0 Å². The summed E-state index contributed by atoms with van der Waals surface area (Å²) in [5.41, 5.74) is 0. The topological polar surface area (TPSA) is 9.23 Å². The summed E-state index contributed by atoms with van der Waals surface area (Å²) in [5.74, 6) is 0. The predicted octanol–water partition coefficient (Wildman–Crippen LogP) is 6.33. The minimum Gasteiger partial charge on any atom is -0.319 e. The van der Waals surface area contributed by atoms with Crippen molar-refractivity contribution in [2.45, 2.75) is 96.8 Å². The molecule has 0 atom stereocenters. The van der Waals surface area contributed by atoms with E-state index in [0.29, 0.717) is 0 Å². The van der Waals surface area contributed by atoms with Gasteiger partial charge in [-0.05, 0) is 19.3 Å². The molecule has 0 spiro atoms. The van der Waals surface area contributed by atoms with Crippen molar-refractivity contribution < 1.29 is 4.18 Å². The zero-order chi connectivity index (χ0) is 13.3. The highest BCUT2D eigenvalue weighted by molar-refractivity contribution is 7.75. The van der Waals surface area contributed by atoms with E-state index in [9.17, 15) is 0 Å². The van der Waals surface area contributed by atoms with Crippen LogP contribution in [0.25, 0.3) is 0 Å². The summed E-state index contributed by atoms with van der Waals surface area (Å²) >= 11 is 3.74. The fourth-order valence-electron chi connectivity index (χ4n) is 2.36. The van der Waals surface area contributed by atoms with Gasteiger partial charge in [0.05, 0.1) is 6.61 Å². The monoisotopic (exact) mass is 274 g/mol. The van der Waals surface area contributed by atoms with Gasteiger partial charge in [-0.2, -0.15) is 0 Å². The highest BCUT2D eigenvalue weighted by atomic mass is 32.1. The lowest BCUT2D eigenvalue weighted by Gasteiger charge is -2.02. The Kier molecular flexibility index (Phi) is 17.6. The Balaban J connectivity index is 2.86. The molecule has 0 aromatic rings.